The zero-order chi connectivity index (χ0) is 30.9. The monoisotopic (exact) mass is 599 g/mol. The van der Waals surface area contributed by atoms with Crippen LogP contribution >= 0.6 is 0 Å². The molecule has 1 aliphatic rings. The van der Waals surface area contributed by atoms with E-state index in [2.05, 4.69) is 32.5 Å². The van der Waals surface area contributed by atoms with E-state index in [1.54, 1.807) is 25.6 Å². The number of ketones is 1. The average molecular weight is 600 g/mol. The molecule has 11 nitrogen and oxygen atoms in total. The van der Waals surface area contributed by atoms with E-state index in [0.717, 1.165) is 49.5 Å². The molecule has 2 aromatic carbocycles. The molecule has 11 heteroatoms. The van der Waals surface area contributed by atoms with Crippen molar-refractivity contribution >= 4 is 17.4 Å². The number of aromatic nitrogens is 3. The minimum atomic E-state index is -0.319. The molecule has 3 heterocycles. The van der Waals surface area contributed by atoms with Gasteiger partial charge in [-0.25, -0.2) is 4.98 Å². The van der Waals surface area contributed by atoms with Crippen LogP contribution in [-0.4, -0.2) is 102 Å². The van der Waals surface area contributed by atoms with E-state index in [9.17, 15) is 9.90 Å². The van der Waals surface area contributed by atoms with Crippen LogP contribution < -0.4 is 20.1 Å². The van der Waals surface area contributed by atoms with Gasteiger partial charge in [0.2, 0.25) is 5.95 Å². The maximum atomic E-state index is 13.0. The molecular weight excluding hydrogens is 558 g/mol. The molecule has 1 aliphatic heterocycles. The standard InChI is InChI=1S/C33H41N7O4/c1-24-20-35-33(36-27-9-10-30(43-3)31(19-27)44-18-17-39-15-13-38(2)14-16-39)37-32(24)40-12-11-26(22-40)29(42)21-34-28(23-41)25-7-5-4-6-8-25/h4-12,19-20,22,28,34,41H,13-18,21,23H2,1-3H3,(H,35,36,37). The number of carbonyl (C=O) groups excluding carboxylic acids is 1. The van der Waals surface area contributed by atoms with E-state index in [0.29, 0.717) is 35.4 Å². The van der Waals surface area contributed by atoms with E-state index >= 15 is 0 Å². The normalized spacial score (nSPS) is 14.7. The van der Waals surface area contributed by atoms with Crippen molar-refractivity contribution in [3.05, 3.63) is 89.9 Å². The van der Waals surface area contributed by atoms with Crippen molar-refractivity contribution in [3.8, 4) is 17.3 Å². The summed E-state index contributed by atoms with van der Waals surface area (Å²) in [6.07, 6.45) is 5.32. The molecule has 0 aliphatic carbocycles. The van der Waals surface area contributed by atoms with E-state index in [4.69, 9.17) is 14.5 Å². The number of aliphatic hydroxyl groups is 1. The summed E-state index contributed by atoms with van der Waals surface area (Å²) >= 11 is 0. The van der Waals surface area contributed by atoms with E-state index < -0.39 is 0 Å². The van der Waals surface area contributed by atoms with Crippen LogP contribution in [0.5, 0.6) is 11.5 Å². The highest BCUT2D eigenvalue weighted by Gasteiger charge is 2.16. The summed E-state index contributed by atoms with van der Waals surface area (Å²) in [5.41, 5.74) is 3.10. The van der Waals surface area contributed by atoms with Gasteiger partial charge in [0.15, 0.2) is 17.3 Å². The van der Waals surface area contributed by atoms with E-state index in [1.807, 2.05) is 66.2 Å². The highest BCUT2D eigenvalue weighted by Crippen LogP contribution is 2.31. The van der Waals surface area contributed by atoms with Gasteiger partial charge in [0.25, 0.3) is 0 Å². The van der Waals surface area contributed by atoms with Crippen molar-refractivity contribution < 1.29 is 19.4 Å². The van der Waals surface area contributed by atoms with Gasteiger partial charge in [-0.15, -0.1) is 0 Å². The maximum absolute atomic E-state index is 13.0. The largest absolute Gasteiger partial charge is 0.493 e. The van der Waals surface area contributed by atoms with Crippen LogP contribution in [0.1, 0.15) is 27.5 Å². The number of nitrogens with zero attached hydrogens (tertiary/aromatic N) is 5. The zero-order valence-corrected chi connectivity index (χ0v) is 25.6. The molecule has 1 unspecified atom stereocenters. The Labute approximate surface area is 258 Å². The second-order valence-electron chi connectivity index (χ2n) is 10.9. The number of ether oxygens (including phenoxy) is 2. The highest BCUT2D eigenvalue weighted by molar-refractivity contribution is 5.97. The number of Topliss-reactive ketones (excluding diaryl/α,β-unsaturated/α-hetero) is 1. The Hall–Kier alpha value is -4.29. The summed E-state index contributed by atoms with van der Waals surface area (Å²) < 4.78 is 13.5. The molecule has 1 saturated heterocycles. The number of anilines is 2. The Balaban J connectivity index is 1.22. The second-order valence-corrected chi connectivity index (χ2v) is 10.9. The third-order valence-electron chi connectivity index (χ3n) is 7.78. The summed E-state index contributed by atoms with van der Waals surface area (Å²) in [5, 5.41) is 16.2. The lowest BCUT2D eigenvalue weighted by atomic mass is 10.1. The lowest BCUT2D eigenvalue weighted by Crippen LogP contribution is -2.45. The van der Waals surface area contributed by atoms with Crippen LogP contribution in [0.25, 0.3) is 5.82 Å². The van der Waals surface area contributed by atoms with Crippen LogP contribution in [0, 0.1) is 6.92 Å². The molecule has 0 bridgehead atoms. The number of benzene rings is 2. The Bertz CT molecular complexity index is 1520. The zero-order valence-electron chi connectivity index (χ0n) is 25.6. The van der Waals surface area contributed by atoms with Crippen LogP contribution in [-0.2, 0) is 0 Å². The number of methoxy groups -OCH3 is 1. The fourth-order valence-electron chi connectivity index (χ4n) is 5.09. The summed E-state index contributed by atoms with van der Waals surface area (Å²) in [6.45, 7) is 7.54. The van der Waals surface area contributed by atoms with Gasteiger partial charge in [-0.2, -0.15) is 4.98 Å². The van der Waals surface area contributed by atoms with Gasteiger partial charge < -0.3 is 34.7 Å². The van der Waals surface area contributed by atoms with Crippen molar-refractivity contribution in [1.82, 2.24) is 29.7 Å². The lowest BCUT2D eigenvalue weighted by molar-refractivity contribution is 0.0982. The van der Waals surface area contributed by atoms with E-state index in [-0.39, 0.29) is 25.0 Å². The first-order chi connectivity index (χ1) is 21.4. The molecule has 3 N–H and O–H groups in total. The maximum Gasteiger partial charge on any atom is 0.229 e. The van der Waals surface area contributed by atoms with Gasteiger partial charge in [-0.1, -0.05) is 30.3 Å². The van der Waals surface area contributed by atoms with Gasteiger partial charge in [-0.05, 0) is 37.7 Å². The Morgan fingerprint density at radius 3 is 2.61 bits per heavy atom. The predicted octanol–water partition coefficient (Wildman–Crippen LogP) is 3.46. The van der Waals surface area contributed by atoms with Gasteiger partial charge in [0, 0.05) is 74.2 Å². The summed E-state index contributed by atoms with van der Waals surface area (Å²) in [6, 6.07) is 16.7. The van der Waals surface area contributed by atoms with Crippen molar-refractivity contribution in [2.24, 2.45) is 0 Å². The molecule has 1 atom stereocenters. The van der Waals surface area contributed by atoms with Crippen molar-refractivity contribution in [2.45, 2.75) is 13.0 Å². The van der Waals surface area contributed by atoms with Gasteiger partial charge in [-0.3, -0.25) is 9.69 Å². The molecular formula is C33H41N7O4. The Morgan fingerprint density at radius 1 is 1.07 bits per heavy atom. The molecule has 2 aromatic heterocycles. The predicted molar refractivity (Wildman–Crippen MR) is 170 cm³/mol. The number of carbonyl (C=O) groups is 1. The number of aliphatic hydroxyl groups excluding tert-OH is 1. The van der Waals surface area contributed by atoms with Gasteiger partial charge in [0.1, 0.15) is 12.4 Å². The van der Waals surface area contributed by atoms with Gasteiger partial charge in [0.05, 0.1) is 26.3 Å². The van der Waals surface area contributed by atoms with E-state index in [1.165, 1.54) is 0 Å². The number of rotatable bonds is 14. The number of nitrogens with one attached hydrogen (secondary N) is 2. The quantitative estimate of drug-likeness (QED) is 0.186. The molecule has 0 saturated carbocycles. The molecule has 4 aromatic rings. The highest BCUT2D eigenvalue weighted by atomic mass is 16.5. The van der Waals surface area contributed by atoms with Crippen LogP contribution in [0.3, 0.4) is 0 Å². The minimum absolute atomic E-state index is 0.0819. The smallest absolute Gasteiger partial charge is 0.229 e. The molecule has 0 amide bonds. The van der Waals surface area contributed by atoms with Gasteiger partial charge >= 0.3 is 0 Å². The van der Waals surface area contributed by atoms with Crippen molar-refractivity contribution in [1.29, 1.82) is 0 Å². The van der Waals surface area contributed by atoms with Crippen LogP contribution in [0.2, 0.25) is 0 Å². The lowest BCUT2D eigenvalue weighted by Gasteiger charge is -2.32. The summed E-state index contributed by atoms with van der Waals surface area (Å²) in [5.74, 6) is 2.30. The molecule has 5 rings (SSSR count). The Kier molecular flexibility index (Phi) is 10.6. The molecule has 1 fully saturated rings. The average Bonchev–Trinajstić information content (AvgIpc) is 3.54. The minimum Gasteiger partial charge on any atom is -0.493 e. The topological polar surface area (TPSA) is 117 Å². The first kappa shape index (κ1) is 31.1. The third-order valence-corrected chi connectivity index (χ3v) is 7.78. The number of hydrogen-bond donors (Lipinski definition) is 3. The summed E-state index contributed by atoms with van der Waals surface area (Å²) in [7, 11) is 3.78. The number of likely N-dealkylation sites (N-methyl/N-ethyl adjacent to an activating group) is 1. The molecule has 232 valence electrons. The van der Waals surface area contributed by atoms with Crippen molar-refractivity contribution in [3.63, 3.8) is 0 Å². The Morgan fingerprint density at radius 2 is 1.86 bits per heavy atom. The molecule has 44 heavy (non-hydrogen) atoms. The third kappa shape index (κ3) is 8.00. The molecule has 0 spiro atoms. The van der Waals surface area contributed by atoms with Crippen LogP contribution in [0.4, 0.5) is 11.6 Å². The fourth-order valence-corrected chi connectivity index (χ4v) is 5.09. The number of piperazine rings is 1. The van der Waals surface area contributed by atoms with Crippen LogP contribution in [0.15, 0.2) is 73.2 Å². The first-order valence-corrected chi connectivity index (χ1v) is 14.9. The summed E-state index contributed by atoms with van der Waals surface area (Å²) in [4.78, 5) is 26.9. The van der Waals surface area contributed by atoms with Crippen molar-refractivity contribution in [2.75, 3.05) is 72.0 Å². The number of hydrogen-bond acceptors (Lipinski definition) is 10. The second kappa shape index (κ2) is 14.9. The molecule has 0 radical (unpaired) electrons. The fraction of sp³-hybridized carbons (Fsp3) is 0.364. The number of aryl methyl sites for hydroxylation is 1. The first-order valence-electron chi connectivity index (χ1n) is 14.9. The SMILES string of the molecule is COc1ccc(Nc2ncc(C)c(-n3ccc(C(=O)CNC(CO)c4ccccc4)c3)n2)cc1OCCN1CCN(C)CC1.